The van der Waals surface area contributed by atoms with E-state index in [0.717, 1.165) is 5.33 Å². The monoisotopic (exact) mass is 324 g/mol. The highest BCUT2D eigenvalue weighted by atomic mass is 79.9. The Bertz CT molecular complexity index is 360. The molecule has 108 valence electrons. The molecule has 1 aromatic carbocycles. The van der Waals surface area contributed by atoms with E-state index in [1.54, 1.807) is 0 Å². The normalized spacial score (nSPS) is 13.1. The van der Waals surface area contributed by atoms with Gasteiger partial charge in [0.15, 0.2) is 0 Å². The molecule has 0 heterocycles. The average Bonchev–Trinajstić information content (AvgIpc) is 2.24. The molecule has 0 aliphatic carbocycles. The third kappa shape index (κ3) is 6.61. The van der Waals surface area contributed by atoms with Crippen LogP contribution in [0, 0.1) is 10.8 Å². The molecule has 0 amide bonds. The van der Waals surface area contributed by atoms with E-state index < -0.39 is 0 Å². The van der Waals surface area contributed by atoms with Crippen LogP contribution in [0.1, 0.15) is 71.4 Å². The van der Waals surface area contributed by atoms with E-state index in [9.17, 15) is 0 Å². The lowest BCUT2D eigenvalue weighted by atomic mass is 9.74. The van der Waals surface area contributed by atoms with Gasteiger partial charge in [0.2, 0.25) is 0 Å². The fraction of sp³-hybridized carbons (Fsp3) is 0.667. The third-order valence-electron chi connectivity index (χ3n) is 3.32. The highest BCUT2D eigenvalue weighted by Crippen LogP contribution is 2.39. The van der Waals surface area contributed by atoms with Gasteiger partial charge in [-0.05, 0) is 40.7 Å². The van der Waals surface area contributed by atoms with Gasteiger partial charge in [0.25, 0.3) is 0 Å². The maximum atomic E-state index is 3.52. The third-order valence-corrected chi connectivity index (χ3v) is 3.97. The molecule has 1 rings (SSSR count). The lowest BCUT2D eigenvalue weighted by Crippen LogP contribution is -2.18. The standard InChI is InChI=1S/C18H29Br/c1-17(2,3)11-16(12-18(4,5)6)15-9-7-14(13-19)8-10-15/h7-10,16H,11-13H2,1-6H3. The second-order valence-corrected chi connectivity index (χ2v) is 8.66. The van der Waals surface area contributed by atoms with E-state index in [2.05, 4.69) is 81.7 Å². The summed E-state index contributed by atoms with van der Waals surface area (Å²) in [6.07, 6.45) is 2.50. The smallest absolute Gasteiger partial charge is 0.0283 e. The fourth-order valence-corrected chi connectivity index (χ4v) is 3.04. The maximum absolute atomic E-state index is 3.52. The van der Waals surface area contributed by atoms with Gasteiger partial charge in [-0.3, -0.25) is 0 Å². The molecule has 0 bridgehead atoms. The van der Waals surface area contributed by atoms with Crippen molar-refractivity contribution in [3.8, 4) is 0 Å². The molecular formula is C18H29Br. The molecule has 1 heteroatoms. The van der Waals surface area contributed by atoms with Gasteiger partial charge >= 0.3 is 0 Å². The zero-order valence-corrected chi connectivity index (χ0v) is 15.0. The predicted molar refractivity (Wildman–Crippen MR) is 90.0 cm³/mol. The number of benzene rings is 1. The van der Waals surface area contributed by atoms with Crippen molar-refractivity contribution in [2.45, 2.75) is 65.6 Å². The van der Waals surface area contributed by atoms with Gasteiger partial charge in [0.1, 0.15) is 0 Å². The maximum Gasteiger partial charge on any atom is 0.0283 e. The van der Waals surface area contributed by atoms with Gasteiger partial charge in [0.05, 0.1) is 0 Å². The molecule has 0 aromatic heterocycles. The summed E-state index contributed by atoms with van der Waals surface area (Å²) in [6.45, 7) is 14.1. The summed E-state index contributed by atoms with van der Waals surface area (Å²) in [6, 6.07) is 9.14. The first-order valence-corrected chi connectivity index (χ1v) is 8.38. The van der Waals surface area contributed by atoms with E-state index in [-0.39, 0.29) is 0 Å². The lowest BCUT2D eigenvalue weighted by molar-refractivity contribution is 0.269. The molecule has 0 fully saturated rings. The summed E-state index contributed by atoms with van der Waals surface area (Å²) in [5, 5.41) is 0.941. The summed E-state index contributed by atoms with van der Waals surface area (Å²) in [7, 11) is 0. The molecule has 1 aromatic rings. The molecule has 0 spiro atoms. The van der Waals surface area contributed by atoms with Crippen molar-refractivity contribution >= 4 is 15.9 Å². The first-order valence-electron chi connectivity index (χ1n) is 7.25. The number of rotatable bonds is 4. The minimum absolute atomic E-state index is 0.379. The molecule has 0 N–H and O–H groups in total. The topological polar surface area (TPSA) is 0 Å². The molecule has 0 aliphatic rings. The zero-order valence-electron chi connectivity index (χ0n) is 13.4. The largest absolute Gasteiger partial charge is 0.0876 e. The summed E-state index contributed by atoms with van der Waals surface area (Å²) < 4.78 is 0. The average molecular weight is 325 g/mol. The number of hydrogen-bond donors (Lipinski definition) is 0. The van der Waals surface area contributed by atoms with Crippen molar-refractivity contribution in [1.82, 2.24) is 0 Å². The van der Waals surface area contributed by atoms with Crippen LogP contribution in [0.15, 0.2) is 24.3 Å². The predicted octanol–water partition coefficient (Wildman–Crippen LogP) is 6.54. The van der Waals surface area contributed by atoms with Gasteiger partial charge in [-0.1, -0.05) is 81.7 Å². The molecule has 0 saturated carbocycles. The quantitative estimate of drug-likeness (QED) is 0.552. The van der Waals surface area contributed by atoms with Crippen LogP contribution in [-0.4, -0.2) is 0 Å². The van der Waals surface area contributed by atoms with Crippen molar-refractivity contribution in [2.24, 2.45) is 10.8 Å². The number of alkyl halides is 1. The number of halogens is 1. The highest BCUT2D eigenvalue weighted by Gasteiger charge is 2.25. The molecule has 0 nitrogen and oxygen atoms in total. The first-order chi connectivity index (χ1) is 8.61. The Kier molecular flexibility index (Phi) is 5.67. The Morgan fingerprint density at radius 3 is 1.58 bits per heavy atom. The second-order valence-electron chi connectivity index (χ2n) is 8.10. The van der Waals surface area contributed by atoms with Crippen LogP contribution < -0.4 is 0 Å². The van der Waals surface area contributed by atoms with Gasteiger partial charge in [-0.15, -0.1) is 0 Å². The molecular weight excluding hydrogens is 296 g/mol. The Morgan fingerprint density at radius 2 is 1.26 bits per heavy atom. The van der Waals surface area contributed by atoms with Crippen LogP contribution in [0.4, 0.5) is 0 Å². The second kappa shape index (κ2) is 6.43. The van der Waals surface area contributed by atoms with Crippen molar-refractivity contribution < 1.29 is 0 Å². The zero-order chi connectivity index (χ0) is 14.7. The van der Waals surface area contributed by atoms with Crippen molar-refractivity contribution in [2.75, 3.05) is 0 Å². The fourth-order valence-electron chi connectivity index (χ4n) is 2.67. The molecule has 0 radical (unpaired) electrons. The highest BCUT2D eigenvalue weighted by molar-refractivity contribution is 9.08. The van der Waals surface area contributed by atoms with Crippen LogP contribution >= 0.6 is 15.9 Å². The Labute approximate surface area is 128 Å². The van der Waals surface area contributed by atoms with E-state index >= 15 is 0 Å². The summed E-state index contributed by atoms with van der Waals surface area (Å²) >= 11 is 3.52. The van der Waals surface area contributed by atoms with Gasteiger partial charge in [-0.2, -0.15) is 0 Å². The van der Waals surface area contributed by atoms with Crippen LogP contribution in [0.5, 0.6) is 0 Å². The van der Waals surface area contributed by atoms with Gasteiger partial charge < -0.3 is 0 Å². The molecule has 19 heavy (non-hydrogen) atoms. The summed E-state index contributed by atoms with van der Waals surface area (Å²) in [4.78, 5) is 0. The van der Waals surface area contributed by atoms with E-state index in [4.69, 9.17) is 0 Å². The van der Waals surface area contributed by atoms with Crippen LogP contribution in [0.25, 0.3) is 0 Å². The molecule has 0 atom stereocenters. The van der Waals surface area contributed by atoms with Gasteiger partial charge in [-0.25, -0.2) is 0 Å². The van der Waals surface area contributed by atoms with Crippen LogP contribution in [0.3, 0.4) is 0 Å². The van der Waals surface area contributed by atoms with Crippen LogP contribution in [0.2, 0.25) is 0 Å². The molecule has 0 saturated heterocycles. The summed E-state index contributed by atoms with van der Waals surface area (Å²) in [5.74, 6) is 0.657. The lowest BCUT2D eigenvalue weighted by Gasteiger charge is -2.31. The first kappa shape index (κ1) is 16.8. The molecule has 0 unspecified atom stereocenters. The van der Waals surface area contributed by atoms with E-state index in [1.807, 2.05) is 0 Å². The minimum atomic E-state index is 0.379. The Morgan fingerprint density at radius 1 is 0.842 bits per heavy atom. The molecule has 0 aliphatic heterocycles. The SMILES string of the molecule is CC(C)(C)CC(CC(C)(C)C)c1ccc(CBr)cc1. The van der Waals surface area contributed by atoms with Crippen LogP contribution in [-0.2, 0) is 5.33 Å². The minimum Gasteiger partial charge on any atom is -0.0876 e. The van der Waals surface area contributed by atoms with Crippen molar-refractivity contribution in [3.05, 3.63) is 35.4 Å². The van der Waals surface area contributed by atoms with Crippen molar-refractivity contribution in [1.29, 1.82) is 0 Å². The summed E-state index contributed by atoms with van der Waals surface area (Å²) in [5.41, 5.74) is 3.61. The number of hydrogen-bond acceptors (Lipinski definition) is 0. The van der Waals surface area contributed by atoms with Gasteiger partial charge in [0, 0.05) is 5.33 Å². The van der Waals surface area contributed by atoms with Crippen molar-refractivity contribution in [3.63, 3.8) is 0 Å². The Balaban J connectivity index is 2.94. The van der Waals surface area contributed by atoms with E-state index in [1.165, 1.54) is 24.0 Å². The Hall–Kier alpha value is -0.300. The van der Waals surface area contributed by atoms with E-state index in [0.29, 0.717) is 16.7 Å².